The van der Waals surface area contributed by atoms with Crippen molar-refractivity contribution in [1.82, 2.24) is 21.3 Å². The third kappa shape index (κ3) is 10.2. The molecule has 3 atom stereocenters. The maximum absolute atomic E-state index is 13.1. The van der Waals surface area contributed by atoms with Crippen LogP contribution in [0, 0.1) is 0 Å². The van der Waals surface area contributed by atoms with E-state index in [1.54, 1.807) is 0 Å². The van der Waals surface area contributed by atoms with E-state index in [0.29, 0.717) is 19.4 Å². The highest BCUT2D eigenvalue weighted by Gasteiger charge is 2.30. The molecule has 212 valence electrons. The Labute approximate surface area is 231 Å². The van der Waals surface area contributed by atoms with Gasteiger partial charge in [0.05, 0.1) is 6.42 Å². The Kier molecular flexibility index (Phi) is 13.2. The highest BCUT2D eigenvalue weighted by molar-refractivity contribution is 7.80. The fourth-order valence-corrected chi connectivity index (χ4v) is 4.13. The van der Waals surface area contributed by atoms with Gasteiger partial charge in [-0.15, -0.1) is 0 Å². The first-order chi connectivity index (χ1) is 18.7. The summed E-state index contributed by atoms with van der Waals surface area (Å²) in [6, 6.07) is 9.54. The molecule has 12 nitrogen and oxygen atoms in total. The van der Waals surface area contributed by atoms with Crippen LogP contribution >= 0.6 is 12.6 Å². The molecule has 2 aromatic carbocycles. The monoisotopic (exact) mass is 561 g/mol. The number of nitrogens with two attached hydrogens (primary N) is 1. The maximum atomic E-state index is 13.1. The van der Waals surface area contributed by atoms with E-state index in [2.05, 4.69) is 33.9 Å². The maximum Gasteiger partial charge on any atom is 0.305 e. The molecule has 0 spiro atoms. The highest BCUT2D eigenvalue weighted by atomic mass is 32.1. The predicted molar refractivity (Wildman–Crippen MR) is 148 cm³/mol. The highest BCUT2D eigenvalue weighted by Crippen LogP contribution is 2.18. The lowest BCUT2D eigenvalue weighted by Gasteiger charge is -2.24. The second-order valence-electron chi connectivity index (χ2n) is 8.82. The van der Waals surface area contributed by atoms with E-state index in [4.69, 9.17) is 10.8 Å². The summed E-state index contributed by atoms with van der Waals surface area (Å²) < 4.78 is 0. The van der Waals surface area contributed by atoms with Crippen molar-refractivity contribution in [2.75, 3.05) is 18.9 Å². The number of aliphatic hydroxyl groups is 1. The smallest absolute Gasteiger partial charge is 0.305 e. The van der Waals surface area contributed by atoms with Gasteiger partial charge in [-0.3, -0.25) is 24.0 Å². The second kappa shape index (κ2) is 16.3. The number of nitrogens with one attached hydrogen (secondary N) is 4. The number of benzene rings is 2. The van der Waals surface area contributed by atoms with Crippen LogP contribution in [0.3, 0.4) is 0 Å². The zero-order valence-corrected chi connectivity index (χ0v) is 22.3. The van der Waals surface area contributed by atoms with E-state index >= 15 is 0 Å². The summed E-state index contributed by atoms with van der Waals surface area (Å²) in [6.07, 6.45) is 0.489. The third-order valence-electron chi connectivity index (χ3n) is 5.90. The van der Waals surface area contributed by atoms with E-state index in [9.17, 15) is 29.1 Å². The lowest BCUT2D eigenvalue weighted by molar-refractivity contribution is -0.141. The van der Waals surface area contributed by atoms with Gasteiger partial charge in [-0.25, -0.2) is 0 Å². The summed E-state index contributed by atoms with van der Waals surface area (Å²) in [7, 11) is 0. The summed E-state index contributed by atoms with van der Waals surface area (Å²) >= 11 is 4.03. The number of aliphatic carboxylic acids is 1. The predicted octanol–water partition coefficient (Wildman–Crippen LogP) is -0.564. The number of fused-ring (bicyclic) bond motifs is 1. The van der Waals surface area contributed by atoms with Crippen LogP contribution in [0.4, 0.5) is 0 Å². The number of carboxylic acids is 1. The van der Waals surface area contributed by atoms with Crippen molar-refractivity contribution in [3.05, 3.63) is 48.0 Å². The summed E-state index contributed by atoms with van der Waals surface area (Å²) in [6.45, 7) is -0.369. The van der Waals surface area contributed by atoms with Crippen molar-refractivity contribution in [3.63, 3.8) is 0 Å². The Morgan fingerprint density at radius 3 is 2.18 bits per heavy atom. The van der Waals surface area contributed by atoms with E-state index < -0.39 is 60.8 Å². The van der Waals surface area contributed by atoms with E-state index in [1.165, 1.54) is 0 Å². The standard InChI is InChI=1S/C26H35N5O7S/c27-11-4-3-10-19(30-26(38)21(15-39)29-22(33)14-32)25(37)31-20(12-23(34)35)24(36)28-13-17-8-5-7-16-6-1-2-9-18(16)17/h1-2,5-9,19-21,32,39H,3-4,10-15,27H2,(H,28,36)(H,29,33)(H,30,38)(H,31,37)(H,34,35)/t19?,20-,21-/m0/s1. The van der Waals surface area contributed by atoms with Gasteiger partial charge >= 0.3 is 5.97 Å². The number of hydrogen-bond acceptors (Lipinski definition) is 8. The van der Waals surface area contributed by atoms with Gasteiger partial charge in [0.1, 0.15) is 24.7 Å². The topological polar surface area (TPSA) is 200 Å². The van der Waals surface area contributed by atoms with Crippen LogP contribution in [-0.4, -0.2) is 76.8 Å². The van der Waals surface area contributed by atoms with Gasteiger partial charge in [-0.05, 0) is 42.1 Å². The number of unbranched alkanes of at least 4 members (excludes halogenated alkanes) is 1. The quantitative estimate of drug-likeness (QED) is 0.0984. The molecule has 2 rings (SSSR count). The van der Waals surface area contributed by atoms with Crippen molar-refractivity contribution in [2.45, 2.75) is 50.4 Å². The molecular formula is C26H35N5O7S. The van der Waals surface area contributed by atoms with Gasteiger partial charge < -0.3 is 37.2 Å². The zero-order chi connectivity index (χ0) is 28.8. The van der Waals surface area contributed by atoms with Crippen molar-refractivity contribution in [2.24, 2.45) is 5.73 Å². The van der Waals surface area contributed by atoms with Crippen LogP contribution in [0.2, 0.25) is 0 Å². The Morgan fingerprint density at radius 2 is 1.51 bits per heavy atom. The Balaban J connectivity index is 2.14. The van der Waals surface area contributed by atoms with Crippen molar-refractivity contribution >= 4 is 53.0 Å². The number of rotatable bonds is 16. The number of thiol groups is 1. The minimum atomic E-state index is -1.41. The number of aliphatic hydroxyl groups excluding tert-OH is 1. The minimum absolute atomic E-state index is 0.104. The number of carbonyl (C=O) groups excluding carboxylic acids is 4. The molecule has 0 aromatic heterocycles. The molecule has 4 amide bonds. The van der Waals surface area contributed by atoms with Crippen molar-refractivity contribution < 1.29 is 34.2 Å². The molecule has 0 saturated heterocycles. The SMILES string of the molecule is NCCCCC(NC(=O)[C@H](CS)NC(=O)CO)C(=O)N[C@@H](CC(=O)O)C(=O)NCc1cccc2ccccc12. The zero-order valence-electron chi connectivity index (χ0n) is 21.4. The van der Waals surface area contributed by atoms with Crippen LogP contribution in [0.15, 0.2) is 42.5 Å². The van der Waals surface area contributed by atoms with E-state index in [-0.39, 0.29) is 18.7 Å². The van der Waals surface area contributed by atoms with E-state index in [0.717, 1.165) is 16.3 Å². The summed E-state index contributed by atoms with van der Waals surface area (Å²) in [5.41, 5.74) is 6.35. The van der Waals surface area contributed by atoms with Gasteiger partial charge in [-0.1, -0.05) is 42.5 Å². The summed E-state index contributed by atoms with van der Waals surface area (Å²) in [5, 5.41) is 30.1. The largest absolute Gasteiger partial charge is 0.481 e. The van der Waals surface area contributed by atoms with Crippen LogP contribution < -0.4 is 27.0 Å². The fourth-order valence-electron chi connectivity index (χ4n) is 3.88. The van der Waals surface area contributed by atoms with Gasteiger partial charge in [0.2, 0.25) is 23.6 Å². The average Bonchev–Trinajstić information content (AvgIpc) is 2.93. The molecular weight excluding hydrogens is 526 g/mol. The minimum Gasteiger partial charge on any atom is -0.481 e. The molecule has 8 N–H and O–H groups in total. The van der Waals surface area contributed by atoms with E-state index in [1.807, 2.05) is 42.5 Å². The van der Waals surface area contributed by atoms with Crippen LogP contribution in [0.1, 0.15) is 31.2 Å². The first-order valence-corrected chi connectivity index (χ1v) is 13.1. The molecule has 13 heteroatoms. The second-order valence-corrected chi connectivity index (χ2v) is 9.19. The molecule has 0 radical (unpaired) electrons. The van der Waals surface area contributed by atoms with Crippen LogP contribution in [-0.2, 0) is 30.5 Å². The molecule has 0 fully saturated rings. The Morgan fingerprint density at radius 1 is 0.846 bits per heavy atom. The molecule has 2 aromatic rings. The summed E-state index contributed by atoms with van der Waals surface area (Å²) in [5.74, 6) is -4.39. The van der Waals surface area contributed by atoms with Crippen molar-refractivity contribution in [1.29, 1.82) is 0 Å². The van der Waals surface area contributed by atoms with Crippen LogP contribution in [0.25, 0.3) is 10.8 Å². The molecule has 1 unspecified atom stereocenters. The Bertz CT molecular complexity index is 1160. The Hall–Kier alpha value is -3.68. The molecule has 0 aliphatic heterocycles. The lowest BCUT2D eigenvalue weighted by Crippen LogP contribution is -2.57. The van der Waals surface area contributed by atoms with Gasteiger partial charge in [0.25, 0.3) is 0 Å². The molecule has 0 bridgehead atoms. The molecule has 0 aliphatic rings. The van der Waals surface area contributed by atoms with Gasteiger partial charge in [0, 0.05) is 12.3 Å². The first-order valence-electron chi connectivity index (χ1n) is 12.5. The van der Waals surface area contributed by atoms with Crippen LogP contribution in [0.5, 0.6) is 0 Å². The van der Waals surface area contributed by atoms with Gasteiger partial charge in [0.15, 0.2) is 0 Å². The first kappa shape index (κ1) is 31.5. The average molecular weight is 562 g/mol. The molecule has 39 heavy (non-hydrogen) atoms. The van der Waals surface area contributed by atoms with Crippen molar-refractivity contribution in [3.8, 4) is 0 Å². The number of carbonyl (C=O) groups is 5. The fraction of sp³-hybridized carbons (Fsp3) is 0.423. The molecule has 0 aliphatic carbocycles. The molecule has 0 saturated carbocycles. The number of amides is 4. The normalized spacial score (nSPS) is 13.1. The number of carboxylic acid groups (broad SMARTS) is 1. The molecule has 0 heterocycles. The van der Waals surface area contributed by atoms with Gasteiger partial charge in [-0.2, -0.15) is 12.6 Å². The lowest BCUT2D eigenvalue weighted by atomic mass is 10.0. The summed E-state index contributed by atoms with van der Waals surface area (Å²) in [4.78, 5) is 61.8. The third-order valence-corrected chi connectivity index (χ3v) is 6.27. The number of hydrogen-bond donors (Lipinski definition) is 8.